The summed E-state index contributed by atoms with van der Waals surface area (Å²) in [5.41, 5.74) is 6.92. The third kappa shape index (κ3) is 1.77. The van der Waals surface area contributed by atoms with Gasteiger partial charge in [0.15, 0.2) is 9.84 Å². The van der Waals surface area contributed by atoms with Gasteiger partial charge in [0.1, 0.15) is 0 Å². The molecule has 1 fully saturated rings. The van der Waals surface area contributed by atoms with Crippen LogP contribution in [-0.2, 0) is 9.84 Å². The van der Waals surface area contributed by atoms with Crippen LogP contribution in [0.1, 0.15) is 25.7 Å². The van der Waals surface area contributed by atoms with Crippen molar-refractivity contribution in [2.75, 3.05) is 23.3 Å². The van der Waals surface area contributed by atoms with Crippen molar-refractivity contribution in [3.05, 3.63) is 18.2 Å². The van der Waals surface area contributed by atoms with Crippen molar-refractivity contribution < 1.29 is 8.42 Å². The number of hydrogen-bond acceptors (Lipinski definition) is 4. The fourth-order valence-electron chi connectivity index (χ4n) is 3.25. The molecule has 1 heterocycles. The summed E-state index contributed by atoms with van der Waals surface area (Å²) < 4.78 is 25.0. The number of fused-ring (bicyclic) bond motifs is 1. The fourth-order valence-corrected chi connectivity index (χ4v) is 5.39. The Balaban J connectivity index is 2.11. The molecule has 3 rings (SSSR count). The van der Waals surface area contributed by atoms with Gasteiger partial charge >= 0.3 is 0 Å². The fraction of sp³-hybridized carbons (Fsp3) is 0.538. The lowest BCUT2D eigenvalue weighted by atomic mass is 9.88. The molecule has 1 spiro atoms. The van der Waals surface area contributed by atoms with Crippen LogP contribution in [0, 0.1) is 5.41 Å². The molecule has 2 aliphatic rings. The second-order valence-corrected chi connectivity index (χ2v) is 7.50. The third-order valence-corrected chi connectivity index (χ3v) is 6.20. The Bertz CT molecular complexity index is 575. The number of benzene rings is 1. The summed E-state index contributed by atoms with van der Waals surface area (Å²) in [6.07, 6.45) is 4.24. The van der Waals surface area contributed by atoms with Crippen LogP contribution in [0.25, 0.3) is 0 Å². The van der Waals surface area contributed by atoms with Gasteiger partial charge in [-0.15, -0.1) is 0 Å². The molecule has 0 amide bonds. The maximum absolute atomic E-state index is 12.5. The molecule has 5 heteroatoms. The van der Waals surface area contributed by atoms with E-state index in [4.69, 9.17) is 5.73 Å². The summed E-state index contributed by atoms with van der Waals surface area (Å²) in [7, 11) is -3.24. The van der Waals surface area contributed by atoms with E-state index in [1.54, 1.807) is 18.2 Å². The highest BCUT2D eigenvalue weighted by atomic mass is 32.2. The van der Waals surface area contributed by atoms with Crippen LogP contribution < -0.4 is 11.1 Å². The highest BCUT2D eigenvalue weighted by molar-refractivity contribution is 7.91. The van der Waals surface area contributed by atoms with Crippen LogP contribution in [0.2, 0.25) is 0 Å². The van der Waals surface area contributed by atoms with Gasteiger partial charge in [-0.05, 0) is 25.0 Å². The standard InChI is InChI=1S/C13H18N2O2S/c14-10-4-3-5-11-12(10)15-8-13(6-1-2-7-13)9-18(11,16)17/h3-5,15H,1-2,6-9,14H2. The summed E-state index contributed by atoms with van der Waals surface area (Å²) in [4.78, 5) is 0.367. The zero-order valence-electron chi connectivity index (χ0n) is 10.3. The van der Waals surface area contributed by atoms with Gasteiger partial charge in [-0.2, -0.15) is 0 Å². The minimum Gasteiger partial charge on any atom is -0.397 e. The number of nitrogens with two attached hydrogens (primary N) is 1. The van der Waals surface area contributed by atoms with Crippen molar-refractivity contribution in [2.24, 2.45) is 5.41 Å². The predicted octanol–water partition coefficient (Wildman–Crippen LogP) is 2.03. The number of rotatable bonds is 0. The van der Waals surface area contributed by atoms with E-state index in [-0.39, 0.29) is 11.2 Å². The lowest BCUT2D eigenvalue weighted by molar-refractivity contribution is 0.365. The molecule has 0 aromatic heterocycles. The van der Waals surface area contributed by atoms with Gasteiger partial charge < -0.3 is 11.1 Å². The number of para-hydroxylation sites is 1. The third-order valence-electron chi connectivity index (χ3n) is 4.19. The molecule has 1 aliphatic heterocycles. The molecule has 0 bridgehead atoms. The molecular weight excluding hydrogens is 248 g/mol. The molecular formula is C13H18N2O2S. The van der Waals surface area contributed by atoms with Crippen molar-refractivity contribution in [3.63, 3.8) is 0 Å². The average Bonchev–Trinajstić information content (AvgIpc) is 2.70. The van der Waals surface area contributed by atoms with Crippen LogP contribution >= 0.6 is 0 Å². The first-order chi connectivity index (χ1) is 8.53. The number of nitrogens with one attached hydrogen (secondary N) is 1. The monoisotopic (exact) mass is 266 g/mol. The normalized spacial score (nSPS) is 24.2. The van der Waals surface area contributed by atoms with Gasteiger partial charge in [-0.3, -0.25) is 0 Å². The van der Waals surface area contributed by atoms with Crippen LogP contribution in [0.4, 0.5) is 11.4 Å². The second-order valence-electron chi connectivity index (χ2n) is 5.54. The maximum Gasteiger partial charge on any atom is 0.181 e. The van der Waals surface area contributed by atoms with Crippen molar-refractivity contribution in [3.8, 4) is 0 Å². The van der Waals surface area contributed by atoms with Crippen LogP contribution in [0.5, 0.6) is 0 Å². The minimum atomic E-state index is -3.24. The van der Waals surface area contributed by atoms with Crippen LogP contribution in [0.15, 0.2) is 23.1 Å². The Morgan fingerprint density at radius 2 is 1.94 bits per heavy atom. The quantitative estimate of drug-likeness (QED) is 0.705. The van der Waals surface area contributed by atoms with E-state index in [1.165, 1.54) is 0 Å². The van der Waals surface area contributed by atoms with Gasteiger partial charge in [-0.1, -0.05) is 18.9 Å². The van der Waals surface area contributed by atoms with Gasteiger partial charge in [0, 0.05) is 12.0 Å². The molecule has 0 atom stereocenters. The molecule has 98 valence electrons. The van der Waals surface area contributed by atoms with E-state index in [0.29, 0.717) is 22.8 Å². The summed E-state index contributed by atoms with van der Waals surface area (Å²) in [6.45, 7) is 0.716. The first-order valence-corrected chi connectivity index (χ1v) is 8.03. The first kappa shape index (κ1) is 11.8. The summed E-state index contributed by atoms with van der Waals surface area (Å²) >= 11 is 0. The molecule has 1 aromatic rings. The van der Waals surface area contributed by atoms with E-state index in [1.807, 2.05) is 0 Å². The Morgan fingerprint density at radius 1 is 1.22 bits per heavy atom. The molecule has 4 nitrogen and oxygen atoms in total. The van der Waals surface area contributed by atoms with Gasteiger partial charge in [0.25, 0.3) is 0 Å². The Hall–Kier alpha value is -1.23. The van der Waals surface area contributed by atoms with Crippen LogP contribution in [-0.4, -0.2) is 20.7 Å². The van der Waals surface area contributed by atoms with E-state index < -0.39 is 9.84 Å². The van der Waals surface area contributed by atoms with E-state index in [9.17, 15) is 8.42 Å². The predicted molar refractivity (Wildman–Crippen MR) is 72.3 cm³/mol. The average molecular weight is 266 g/mol. The molecule has 0 unspecified atom stereocenters. The highest BCUT2D eigenvalue weighted by Gasteiger charge is 2.41. The Kier molecular flexibility index (Phi) is 2.55. The molecule has 1 aromatic carbocycles. The van der Waals surface area contributed by atoms with Gasteiger partial charge in [-0.25, -0.2) is 8.42 Å². The lowest BCUT2D eigenvalue weighted by Crippen LogP contribution is -2.31. The number of sulfone groups is 1. The second kappa shape index (κ2) is 3.88. The number of nitrogen functional groups attached to an aromatic ring is 1. The van der Waals surface area contributed by atoms with Crippen molar-refractivity contribution in [2.45, 2.75) is 30.6 Å². The molecule has 1 saturated carbocycles. The summed E-state index contributed by atoms with van der Waals surface area (Å²) in [5, 5.41) is 3.28. The Morgan fingerprint density at radius 3 is 2.67 bits per heavy atom. The number of anilines is 2. The smallest absolute Gasteiger partial charge is 0.181 e. The van der Waals surface area contributed by atoms with Gasteiger partial charge in [0.2, 0.25) is 0 Å². The van der Waals surface area contributed by atoms with E-state index >= 15 is 0 Å². The lowest BCUT2D eigenvalue weighted by Gasteiger charge is -2.26. The van der Waals surface area contributed by atoms with E-state index in [2.05, 4.69) is 5.32 Å². The highest BCUT2D eigenvalue weighted by Crippen LogP contribution is 2.44. The summed E-state index contributed by atoms with van der Waals surface area (Å²) in [5.74, 6) is 0.253. The SMILES string of the molecule is Nc1cccc2c1NCC1(CCCC1)CS2(=O)=O. The largest absolute Gasteiger partial charge is 0.397 e. The molecule has 3 N–H and O–H groups in total. The zero-order valence-corrected chi connectivity index (χ0v) is 11.1. The topological polar surface area (TPSA) is 72.2 Å². The first-order valence-electron chi connectivity index (χ1n) is 6.38. The molecule has 18 heavy (non-hydrogen) atoms. The van der Waals surface area contributed by atoms with Crippen molar-refractivity contribution in [1.29, 1.82) is 0 Å². The zero-order chi connectivity index (χ0) is 12.8. The van der Waals surface area contributed by atoms with Crippen LogP contribution in [0.3, 0.4) is 0 Å². The molecule has 0 saturated heterocycles. The summed E-state index contributed by atoms with van der Waals surface area (Å²) in [6, 6.07) is 5.11. The van der Waals surface area contributed by atoms with Gasteiger partial charge in [0.05, 0.1) is 22.0 Å². The maximum atomic E-state index is 12.5. The molecule has 0 radical (unpaired) electrons. The van der Waals surface area contributed by atoms with E-state index in [0.717, 1.165) is 25.7 Å². The minimum absolute atomic E-state index is 0.0930. The van der Waals surface area contributed by atoms with Crippen molar-refractivity contribution in [1.82, 2.24) is 0 Å². The Labute approximate surface area is 107 Å². The number of hydrogen-bond donors (Lipinski definition) is 2. The molecule has 1 aliphatic carbocycles. The van der Waals surface area contributed by atoms with Crippen molar-refractivity contribution >= 4 is 21.2 Å².